The van der Waals surface area contributed by atoms with Crippen LogP contribution < -0.4 is 4.90 Å². The normalized spacial score (nSPS) is 18.2. The summed E-state index contributed by atoms with van der Waals surface area (Å²) in [5.74, 6) is 0.847. The Kier molecular flexibility index (Phi) is 6.65. The molecule has 0 bridgehead atoms. The Hall–Kier alpha value is -2.76. The predicted molar refractivity (Wildman–Crippen MR) is 134 cm³/mol. The molecular weight excluding hydrogens is 486 g/mol. The first-order valence-electron chi connectivity index (χ1n) is 11.8. The van der Waals surface area contributed by atoms with Crippen molar-refractivity contribution in [2.45, 2.75) is 31.6 Å². The molecule has 4 heterocycles. The molecule has 9 nitrogen and oxygen atoms in total. The molecule has 0 unspecified atom stereocenters. The van der Waals surface area contributed by atoms with Gasteiger partial charge in [0.25, 0.3) is 0 Å². The third kappa shape index (κ3) is 4.85. The second kappa shape index (κ2) is 9.71. The highest BCUT2D eigenvalue weighted by Gasteiger charge is 2.36. The maximum atomic E-state index is 13.4. The molecular formula is C24H29N5O4S2. The summed E-state index contributed by atoms with van der Waals surface area (Å²) in [5, 5.41) is 3.90. The number of nitrogens with zero attached hydrogens (tertiary/aromatic N) is 5. The van der Waals surface area contributed by atoms with Crippen LogP contribution in [0.2, 0.25) is 0 Å². The van der Waals surface area contributed by atoms with Crippen molar-refractivity contribution < 1.29 is 17.7 Å². The Balaban J connectivity index is 1.19. The van der Waals surface area contributed by atoms with Crippen molar-refractivity contribution in [1.29, 1.82) is 0 Å². The van der Waals surface area contributed by atoms with Crippen LogP contribution in [-0.4, -0.2) is 72.9 Å². The summed E-state index contributed by atoms with van der Waals surface area (Å²) < 4.78 is 33.3. The van der Waals surface area contributed by atoms with Gasteiger partial charge in [0.1, 0.15) is 0 Å². The number of sulfonamides is 1. The number of carbonyl (C=O) groups is 1. The lowest BCUT2D eigenvalue weighted by molar-refractivity contribution is -0.137. The summed E-state index contributed by atoms with van der Waals surface area (Å²) in [6.45, 7) is 7.18. The molecule has 0 atom stereocenters. The van der Waals surface area contributed by atoms with E-state index >= 15 is 0 Å². The SMILES string of the molecule is Cc1nc(-c2cc(S(=O)(=O)N3CCC(C(=O)N4CCN(c5ccccc5)CC4)CC3)c(C)s2)no1. The molecule has 2 aliphatic heterocycles. The van der Waals surface area contributed by atoms with E-state index in [-0.39, 0.29) is 16.7 Å². The molecule has 2 fully saturated rings. The van der Waals surface area contributed by atoms with E-state index in [1.807, 2.05) is 23.1 Å². The van der Waals surface area contributed by atoms with Crippen LogP contribution in [0.15, 0.2) is 45.8 Å². The van der Waals surface area contributed by atoms with Gasteiger partial charge in [-0.15, -0.1) is 11.3 Å². The topological polar surface area (TPSA) is 99.8 Å². The Morgan fingerprint density at radius 1 is 1.03 bits per heavy atom. The Labute approximate surface area is 209 Å². The molecule has 0 aliphatic carbocycles. The van der Waals surface area contributed by atoms with Crippen molar-refractivity contribution in [3.8, 4) is 10.7 Å². The number of thiophene rings is 1. The lowest BCUT2D eigenvalue weighted by Gasteiger charge is -2.39. The highest BCUT2D eigenvalue weighted by atomic mass is 32.2. The number of aromatic nitrogens is 2. The van der Waals surface area contributed by atoms with E-state index < -0.39 is 10.0 Å². The fraction of sp³-hybridized carbons (Fsp3) is 0.458. The minimum atomic E-state index is -3.66. The Morgan fingerprint density at radius 2 is 1.71 bits per heavy atom. The number of aryl methyl sites for hydroxylation is 2. The number of para-hydroxylation sites is 1. The summed E-state index contributed by atoms with van der Waals surface area (Å²) in [4.78, 5) is 23.2. The van der Waals surface area contributed by atoms with Crippen LogP contribution in [0.4, 0.5) is 5.69 Å². The van der Waals surface area contributed by atoms with E-state index in [1.54, 1.807) is 19.9 Å². The quantitative estimate of drug-likeness (QED) is 0.515. The van der Waals surface area contributed by atoms with Crippen molar-refractivity contribution in [3.05, 3.63) is 47.2 Å². The molecule has 186 valence electrons. The number of anilines is 1. The highest BCUT2D eigenvalue weighted by Crippen LogP contribution is 2.35. The van der Waals surface area contributed by atoms with E-state index in [2.05, 4.69) is 27.2 Å². The van der Waals surface area contributed by atoms with Gasteiger partial charge in [-0.05, 0) is 38.0 Å². The number of piperazine rings is 1. The number of hydrogen-bond donors (Lipinski definition) is 0. The number of rotatable bonds is 5. The molecule has 0 radical (unpaired) electrons. The zero-order valence-corrected chi connectivity index (χ0v) is 21.5. The number of carbonyl (C=O) groups excluding carboxylic acids is 1. The van der Waals surface area contributed by atoms with Gasteiger partial charge in [0, 0.05) is 62.7 Å². The largest absolute Gasteiger partial charge is 0.368 e. The summed E-state index contributed by atoms with van der Waals surface area (Å²) >= 11 is 1.34. The lowest BCUT2D eigenvalue weighted by Crippen LogP contribution is -2.52. The van der Waals surface area contributed by atoms with Gasteiger partial charge in [-0.2, -0.15) is 9.29 Å². The van der Waals surface area contributed by atoms with Crippen LogP contribution in [-0.2, 0) is 14.8 Å². The van der Waals surface area contributed by atoms with Gasteiger partial charge >= 0.3 is 0 Å². The molecule has 0 N–H and O–H groups in total. The van der Waals surface area contributed by atoms with Gasteiger partial charge in [0.05, 0.1) is 9.77 Å². The van der Waals surface area contributed by atoms with Gasteiger partial charge in [-0.3, -0.25) is 4.79 Å². The molecule has 3 aromatic rings. The first-order valence-corrected chi connectivity index (χ1v) is 14.1. The molecule has 11 heteroatoms. The maximum absolute atomic E-state index is 13.4. The Bertz CT molecular complexity index is 1290. The van der Waals surface area contributed by atoms with E-state index in [4.69, 9.17) is 4.52 Å². The number of benzene rings is 1. The molecule has 2 saturated heterocycles. The first kappa shape index (κ1) is 24.0. The van der Waals surface area contributed by atoms with E-state index in [1.165, 1.54) is 21.3 Å². The monoisotopic (exact) mass is 515 g/mol. The fourth-order valence-corrected chi connectivity index (χ4v) is 7.75. The van der Waals surface area contributed by atoms with Gasteiger partial charge in [0.15, 0.2) is 0 Å². The minimum absolute atomic E-state index is 0.133. The van der Waals surface area contributed by atoms with Crippen molar-refractivity contribution in [3.63, 3.8) is 0 Å². The molecule has 2 aromatic heterocycles. The smallest absolute Gasteiger partial charge is 0.244 e. The molecule has 0 spiro atoms. The second-order valence-electron chi connectivity index (χ2n) is 8.99. The molecule has 5 rings (SSSR count). The molecule has 1 aromatic carbocycles. The molecule has 1 amide bonds. The minimum Gasteiger partial charge on any atom is -0.368 e. The maximum Gasteiger partial charge on any atom is 0.244 e. The average molecular weight is 516 g/mol. The summed E-state index contributed by atoms with van der Waals surface area (Å²) in [6.07, 6.45) is 1.08. The van der Waals surface area contributed by atoms with Crippen LogP contribution >= 0.6 is 11.3 Å². The fourth-order valence-electron chi connectivity index (χ4n) is 4.80. The number of hydrogen-bond acceptors (Lipinski definition) is 8. The summed E-state index contributed by atoms with van der Waals surface area (Å²) in [6, 6.07) is 11.9. The van der Waals surface area contributed by atoms with Crippen molar-refractivity contribution in [1.82, 2.24) is 19.3 Å². The van der Waals surface area contributed by atoms with Crippen LogP contribution in [0, 0.1) is 19.8 Å². The molecule has 0 saturated carbocycles. The summed E-state index contributed by atoms with van der Waals surface area (Å²) in [7, 11) is -3.66. The molecule has 2 aliphatic rings. The second-order valence-corrected chi connectivity index (χ2v) is 12.2. The number of amides is 1. The average Bonchev–Trinajstić information content (AvgIpc) is 3.50. The van der Waals surface area contributed by atoms with E-state index in [0.717, 1.165) is 13.1 Å². The third-order valence-corrected chi connectivity index (χ3v) is 9.95. The van der Waals surface area contributed by atoms with Gasteiger partial charge in [-0.25, -0.2) is 8.42 Å². The highest BCUT2D eigenvalue weighted by molar-refractivity contribution is 7.89. The van der Waals surface area contributed by atoms with Gasteiger partial charge in [0.2, 0.25) is 27.6 Å². The Morgan fingerprint density at radius 3 is 2.34 bits per heavy atom. The predicted octanol–water partition coefficient (Wildman–Crippen LogP) is 3.16. The van der Waals surface area contributed by atoms with Crippen LogP contribution in [0.3, 0.4) is 0 Å². The first-order chi connectivity index (χ1) is 16.8. The number of piperidine rings is 1. The van der Waals surface area contributed by atoms with Crippen LogP contribution in [0.5, 0.6) is 0 Å². The van der Waals surface area contributed by atoms with Gasteiger partial charge in [-0.1, -0.05) is 23.4 Å². The van der Waals surface area contributed by atoms with Crippen LogP contribution in [0.1, 0.15) is 23.6 Å². The summed E-state index contributed by atoms with van der Waals surface area (Å²) in [5.41, 5.74) is 1.18. The zero-order chi connectivity index (χ0) is 24.6. The molecule has 35 heavy (non-hydrogen) atoms. The van der Waals surface area contributed by atoms with E-state index in [0.29, 0.717) is 60.5 Å². The lowest BCUT2D eigenvalue weighted by atomic mass is 9.96. The van der Waals surface area contributed by atoms with Gasteiger partial charge < -0.3 is 14.3 Å². The zero-order valence-electron chi connectivity index (χ0n) is 19.9. The van der Waals surface area contributed by atoms with Crippen molar-refractivity contribution >= 4 is 33.0 Å². The van der Waals surface area contributed by atoms with Crippen LogP contribution in [0.25, 0.3) is 10.7 Å². The van der Waals surface area contributed by atoms with Crippen molar-refractivity contribution in [2.75, 3.05) is 44.2 Å². The standard InChI is InChI=1S/C24H29N5O4S2/c1-17-22(16-21(34-17)23-25-18(2)33-26-23)35(31,32)29-10-8-19(9-11-29)24(30)28-14-12-27(13-15-28)20-6-4-3-5-7-20/h3-7,16,19H,8-15H2,1-2H3. The van der Waals surface area contributed by atoms with Crippen molar-refractivity contribution in [2.24, 2.45) is 5.92 Å². The third-order valence-electron chi connectivity index (χ3n) is 6.75. The van der Waals surface area contributed by atoms with E-state index in [9.17, 15) is 13.2 Å².